The van der Waals surface area contributed by atoms with Crippen molar-refractivity contribution in [2.75, 3.05) is 7.11 Å². The molecule has 0 aromatic heterocycles. The molecule has 0 heterocycles. The molecule has 1 aromatic rings. The predicted molar refractivity (Wildman–Crippen MR) is 62.1 cm³/mol. The summed E-state index contributed by atoms with van der Waals surface area (Å²) in [6.07, 6.45) is 2.13. The Bertz CT molecular complexity index is 265. The zero-order chi connectivity index (χ0) is 9.68. The van der Waals surface area contributed by atoms with E-state index >= 15 is 0 Å². The van der Waals surface area contributed by atoms with Crippen LogP contribution < -0.4 is 10.5 Å². The Morgan fingerprint density at radius 2 is 2.14 bits per heavy atom. The van der Waals surface area contributed by atoms with Crippen molar-refractivity contribution in [3.05, 3.63) is 29.8 Å². The largest absolute Gasteiger partial charge is 0.497 e. The summed E-state index contributed by atoms with van der Waals surface area (Å²) < 4.78 is 5.13. The summed E-state index contributed by atoms with van der Waals surface area (Å²) >= 11 is 0. The van der Waals surface area contributed by atoms with Crippen LogP contribution >= 0.6 is 12.4 Å². The van der Waals surface area contributed by atoms with Gasteiger partial charge in [0.05, 0.1) is 7.11 Å². The second-order valence-corrected chi connectivity index (χ2v) is 3.17. The highest BCUT2D eigenvalue weighted by Crippen LogP contribution is 2.20. The number of hydrogen-bond acceptors (Lipinski definition) is 2. The van der Waals surface area contributed by atoms with Gasteiger partial charge in [-0.25, -0.2) is 0 Å². The van der Waals surface area contributed by atoms with Gasteiger partial charge in [0.2, 0.25) is 0 Å². The molecule has 1 aromatic carbocycles. The van der Waals surface area contributed by atoms with Gasteiger partial charge in [0.25, 0.3) is 0 Å². The van der Waals surface area contributed by atoms with Crippen LogP contribution in [0, 0.1) is 0 Å². The van der Waals surface area contributed by atoms with Crippen LogP contribution in [0.15, 0.2) is 24.3 Å². The van der Waals surface area contributed by atoms with E-state index in [1.165, 1.54) is 0 Å². The van der Waals surface area contributed by atoms with Crippen molar-refractivity contribution in [1.82, 2.24) is 0 Å². The summed E-state index contributed by atoms with van der Waals surface area (Å²) in [7, 11) is 1.67. The number of halogens is 1. The highest BCUT2D eigenvalue weighted by Gasteiger charge is 2.04. The number of nitrogens with two attached hydrogens (primary N) is 1. The zero-order valence-electron chi connectivity index (χ0n) is 8.69. The van der Waals surface area contributed by atoms with Gasteiger partial charge in [-0.3, -0.25) is 0 Å². The van der Waals surface area contributed by atoms with E-state index in [0.717, 1.165) is 24.2 Å². The molecule has 2 nitrogen and oxygen atoms in total. The van der Waals surface area contributed by atoms with Crippen molar-refractivity contribution in [2.24, 2.45) is 5.73 Å². The van der Waals surface area contributed by atoms with E-state index in [1.807, 2.05) is 24.3 Å². The van der Waals surface area contributed by atoms with E-state index in [1.54, 1.807) is 7.11 Å². The van der Waals surface area contributed by atoms with Crippen molar-refractivity contribution in [3.63, 3.8) is 0 Å². The van der Waals surface area contributed by atoms with Gasteiger partial charge < -0.3 is 10.5 Å². The van der Waals surface area contributed by atoms with Crippen LogP contribution in [0.4, 0.5) is 0 Å². The Labute approximate surface area is 91.9 Å². The molecule has 0 spiro atoms. The predicted octanol–water partition coefficient (Wildman–Crippen LogP) is 2.92. The topological polar surface area (TPSA) is 35.2 Å². The number of benzene rings is 1. The van der Waals surface area contributed by atoms with Crippen LogP contribution in [0.5, 0.6) is 5.75 Å². The van der Waals surface area contributed by atoms with Crippen molar-refractivity contribution < 1.29 is 4.74 Å². The Kier molecular flexibility index (Phi) is 6.34. The average molecular weight is 216 g/mol. The normalized spacial score (nSPS) is 11.6. The van der Waals surface area contributed by atoms with Gasteiger partial charge in [-0.2, -0.15) is 0 Å². The number of methoxy groups -OCH3 is 1. The van der Waals surface area contributed by atoms with Crippen LogP contribution in [0.3, 0.4) is 0 Å². The highest BCUT2D eigenvalue weighted by molar-refractivity contribution is 5.85. The van der Waals surface area contributed by atoms with Crippen LogP contribution in [0.2, 0.25) is 0 Å². The molecule has 0 amide bonds. The van der Waals surface area contributed by atoms with Crippen molar-refractivity contribution >= 4 is 12.4 Å². The molecular formula is C11H18ClNO. The van der Waals surface area contributed by atoms with Crippen molar-refractivity contribution in [3.8, 4) is 5.75 Å². The lowest BCUT2D eigenvalue weighted by molar-refractivity contribution is 0.413. The summed E-state index contributed by atoms with van der Waals surface area (Å²) in [5.41, 5.74) is 7.13. The molecule has 0 fully saturated rings. The first-order valence-electron chi connectivity index (χ1n) is 4.67. The van der Waals surface area contributed by atoms with Crippen LogP contribution in [-0.2, 0) is 0 Å². The lowest BCUT2D eigenvalue weighted by atomic mass is 10.0. The maximum absolute atomic E-state index is 5.97. The molecule has 2 N–H and O–H groups in total. The van der Waals surface area contributed by atoms with E-state index in [2.05, 4.69) is 6.92 Å². The third-order valence-electron chi connectivity index (χ3n) is 2.12. The standard InChI is InChI=1S/C11H17NO.ClH/c1-3-5-11(12)9-6-4-7-10(8-9)13-2;/h4,6-8,11H,3,5,12H2,1-2H3;1H/t11-;/m1./s1. The summed E-state index contributed by atoms with van der Waals surface area (Å²) in [4.78, 5) is 0. The average Bonchev–Trinajstić information content (AvgIpc) is 2.18. The Balaban J connectivity index is 0.00000169. The fraction of sp³-hybridized carbons (Fsp3) is 0.455. The lowest BCUT2D eigenvalue weighted by Crippen LogP contribution is -2.09. The second kappa shape index (κ2) is 6.68. The maximum atomic E-state index is 5.97. The smallest absolute Gasteiger partial charge is 0.119 e. The molecule has 0 aliphatic rings. The minimum Gasteiger partial charge on any atom is -0.497 e. The molecule has 3 heteroatoms. The van der Waals surface area contributed by atoms with Crippen LogP contribution in [0.1, 0.15) is 31.4 Å². The first kappa shape index (κ1) is 13.3. The van der Waals surface area contributed by atoms with Crippen molar-refractivity contribution in [2.45, 2.75) is 25.8 Å². The van der Waals surface area contributed by atoms with Gasteiger partial charge in [0.15, 0.2) is 0 Å². The molecule has 1 rings (SSSR count). The first-order valence-corrected chi connectivity index (χ1v) is 4.67. The molecule has 14 heavy (non-hydrogen) atoms. The SMILES string of the molecule is CCC[C@@H](N)c1cccc(OC)c1.Cl. The Hall–Kier alpha value is -0.730. The summed E-state index contributed by atoms with van der Waals surface area (Å²) in [5, 5.41) is 0. The highest BCUT2D eigenvalue weighted by atomic mass is 35.5. The molecule has 1 atom stereocenters. The van der Waals surface area contributed by atoms with Crippen LogP contribution in [-0.4, -0.2) is 7.11 Å². The molecule has 0 saturated heterocycles. The molecule has 0 aliphatic carbocycles. The lowest BCUT2D eigenvalue weighted by Gasteiger charge is -2.11. The van der Waals surface area contributed by atoms with E-state index in [4.69, 9.17) is 10.5 Å². The third kappa shape index (κ3) is 3.56. The second-order valence-electron chi connectivity index (χ2n) is 3.17. The number of rotatable bonds is 4. The van der Waals surface area contributed by atoms with Gasteiger partial charge in [0, 0.05) is 6.04 Å². The molecule has 0 radical (unpaired) electrons. The zero-order valence-corrected chi connectivity index (χ0v) is 9.51. The number of hydrogen-bond donors (Lipinski definition) is 1. The van der Waals surface area contributed by atoms with Crippen LogP contribution in [0.25, 0.3) is 0 Å². The molecule has 0 aliphatic heterocycles. The minimum absolute atomic E-state index is 0. The molecular weight excluding hydrogens is 198 g/mol. The van der Waals surface area contributed by atoms with E-state index < -0.39 is 0 Å². The maximum Gasteiger partial charge on any atom is 0.119 e. The van der Waals surface area contributed by atoms with E-state index in [-0.39, 0.29) is 18.4 Å². The summed E-state index contributed by atoms with van der Waals surface area (Å²) in [5.74, 6) is 0.879. The van der Waals surface area contributed by atoms with E-state index in [9.17, 15) is 0 Å². The number of ether oxygens (including phenoxy) is 1. The molecule has 0 unspecified atom stereocenters. The first-order chi connectivity index (χ1) is 6.27. The monoisotopic (exact) mass is 215 g/mol. The van der Waals surface area contributed by atoms with Gasteiger partial charge in [-0.1, -0.05) is 25.5 Å². The third-order valence-corrected chi connectivity index (χ3v) is 2.12. The van der Waals surface area contributed by atoms with Crippen molar-refractivity contribution in [1.29, 1.82) is 0 Å². The van der Waals surface area contributed by atoms with Gasteiger partial charge in [-0.05, 0) is 24.1 Å². The quantitative estimate of drug-likeness (QED) is 0.838. The van der Waals surface area contributed by atoms with E-state index in [0.29, 0.717) is 0 Å². The fourth-order valence-corrected chi connectivity index (χ4v) is 1.35. The molecule has 80 valence electrons. The minimum atomic E-state index is 0. The summed E-state index contributed by atoms with van der Waals surface area (Å²) in [6, 6.07) is 8.09. The fourth-order valence-electron chi connectivity index (χ4n) is 1.35. The Morgan fingerprint density at radius 1 is 1.43 bits per heavy atom. The summed E-state index contributed by atoms with van der Waals surface area (Å²) in [6.45, 7) is 2.14. The van der Waals surface area contributed by atoms with Gasteiger partial charge in [0.1, 0.15) is 5.75 Å². The molecule has 0 saturated carbocycles. The molecule has 0 bridgehead atoms. The van der Waals surface area contributed by atoms with Gasteiger partial charge in [-0.15, -0.1) is 12.4 Å². The van der Waals surface area contributed by atoms with Gasteiger partial charge >= 0.3 is 0 Å². The Morgan fingerprint density at radius 3 is 2.71 bits per heavy atom.